The molecule has 7 heteroatoms. The molecule has 12 rings (SSSR count). The van der Waals surface area contributed by atoms with Gasteiger partial charge in [0.05, 0.1) is 47.4 Å². The summed E-state index contributed by atoms with van der Waals surface area (Å²) in [6.07, 6.45) is 0. The zero-order chi connectivity index (χ0) is 62.9. The van der Waals surface area contributed by atoms with E-state index in [1.54, 1.807) is 0 Å². The van der Waals surface area contributed by atoms with E-state index >= 15 is 0 Å². The monoisotopic (exact) mass is 1370 g/mol. The summed E-state index contributed by atoms with van der Waals surface area (Å²) in [5.74, 6) is 3.07. The van der Waals surface area contributed by atoms with Crippen molar-refractivity contribution in [2.75, 3.05) is 0 Å². The molecule has 0 atom stereocenters. The number of para-hydroxylation sites is 4. The van der Waals surface area contributed by atoms with E-state index in [1.165, 1.54) is 78.0 Å². The summed E-state index contributed by atoms with van der Waals surface area (Å²) < 4.78 is 8.94. The van der Waals surface area contributed by atoms with Crippen molar-refractivity contribution in [3.8, 4) is 61.8 Å². The van der Waals surface area contributed by atoms with Crippen molar-refractivity contribution in [2.45, 2.75) is 170 Å². The number of aromatic amines is 1. The molecule has 3 heterocycles. The molecule has 0 fully saturated rings. The van der Waals surface area contributed by atoms with Crippen LogP contribution in [-0.2, 0) is 36.0 Å². The minimum Gasteiger partial charge on any atom is -0.501 e. The van der Waals surface area contributed by atoms with E-state index < -0.39 is 8.07 Å². The number of hydrogen-bond donors (Lipinski definition) is 1. The van der Waals surface area contributed by atoms with Crippen LogP contribution in [0.5, 0.6) is 0 Å². The minimum atomic E-state index is -1.44. The number of H-pyrrole nitrogens is 1. The van der Waals surface area contributed by atoms with Crippen molar-refractivity contribution in [2.24, 2.45) is 0 Å². The van der Waals surface area contributed by atoms with E-state index in [1.807, 2.05) is 36.4 Å². The Labute approximate surface area is 545 Å². The third-order valence-corrected chi connectivity index (χ3v) is 22.8. The van der Waals surface area contributed by atoms with E-state index in [-0.39, 0.29) is 47.8 Å². The van der Waals surface area contributed by atoms with E-state index in [2.05, 4.69) is 286 Å². The molecule has 0 unspecified atom stereocenters. The van der Waals surface area contributed by atoms with Gasteiger partial charge in [0, 0.05) is 36.7 Å². The van der Waals surface area contributed by atoms with E-state index in [9.17, 15) is 0 Å². The predicted octanol–water partition coefficient (Wildman–Crippen LogP) is 23.7. The van der Waals surface area contributed by atoms with Crippen LogP contribution in [0.1, 0.15) is 173 Å². The maximum atomic E-state index is 6.56. The molecule has 0 saturated heterocycles. The quantitative estimate of drug-likeness (QED) is 0.0979. The molecule has 0 bridgehead atoms. The molecule has 3 aromatic heterocycles. The normalized spacial score (nSPS) is 12.5. The van der Waals surface area contributed by atoms with Crippen molar-refractivity contribution < 1.29 is 24.5 Å². The summed E-state index contributed by atoms with van der Waals surface area (Å²) in [6.45, 7) is 44.7. The van der Waals surface area contributed by atoms with Crippen molar-refractivity contribution in [1.29, 1.82) is 0 Å². The van der Waals surface area contributed by atoms with Gasteiger partial charge in [0.1, 0.15) is 5.58 Å². The third kappa shape index (κ3) is 12.5. The number of fused-ring (bicyclic) bond motifs is 5. The van der Waals surface area contributed by atoms with Crippen LogP contribution in [0.2, 0.25) is 19.6 Å². The number of nitrogens with zero attached hydrogens (tertiary/aromatic N) is 3. The Balaban J connectivity index is 0.000000215. The number of aromatic nitrogens is 4. The van der Waals surface area contributed by atoms with Crippen LogP contribution in [0.25, 0.3) is 106 Å². The first kappa shape index (κ1) is 64.6. The topological polar surface area (TPSA) is 59.6 Å². The Kier molecular flexibility index (Phi) is 18.0. The molecule has 0 aliphatic rings. The average Bonchev–Trinajstić information content (AvgIpc) is 1.78. The summed E-state index contributed by atoms with van der Waals surface area (Å²) in [5, 5.41) is 2.36. The molecular formula is C82H90IrN4OSi-2. The number of benzene rings is 9. The molecule has 1 radical (unpaired) electrons. The Hall–Kier alpha value is -7.41. The average molecular weight is 1370 g/mol. The van der Waals surface area contributed by atoms with Crippen LogP contribution in [-0.4, -0.2) is 27.6 Å². The van der Waals surface area contributed by atoms with Crippen LogP contribution in [0, 0.1) is 12.1 Å². The summed E-state index contributed by atoms with van der Waals surface area (Å²) in [4.78, 5) is 13.9. The van der Waals surface area contributed by atoms with Gasteiger partial charge in [-0.1, -0.05) is 238 Å². The first-order valence-corrected chi connectivity index (χ1v) is 35.5. The van der Waals surface area contributed by atoms with E-state index in [0.717, 1.165) is 66.8 Å². The van der Waals surface area contributed by atoms with E-state index in [0.29, 0.717) is 11.8 Å². The second-order valence-electron chi connectivity index (χ2n) is 29.4. The number of hydrogen-bond acceptors (Lipinski definition) is 3. The number of rotatable bonds is 12. The van der Waals surface area contributed by atoms with Gasteiger partial charge >= 0.3 is 0 Å². The van der Waals surface area contributed by atoms with Gasteiger partial charge in [-0.05, 0) is 143 Å². The second-order valence-corrected chi connectivity index (χ2v) is 35.2. The van der Waals surface area contributed by atoms with Crippen molar-refractivity contribution in [3.63, 3.8) is 0 Å². The number of nitrogens with one attached hydrogen (secondary N) is 1. The Bertz CT molecular complexity index is 4440. The molecule has 12 aromatic rings. The second kappa shape index (κ2) is 24.8. The fraction of sp³-hybridized carbons (Fsp3) is 0.317. The molecule has 0 saturated carbocycles. The van der Waals surface area contributed by atoms with Gasteiger partial charge in [0.2, 0.25) is 0 Å². The summed E-state index contributed by atoms with van der Waals surface area (Å²) in [5.41, 5.74) is 26.2. The Morgan fingerprint density at radius 2 is 1.04 bits per heavy atom. The summed E-state index contributed by atoms with van der Waals surface area (Å²) in [6, 6.07) is 68.4. The molecule has 89 heavy (non-hydrogen) atoms. The van der Waals surface area contributed by atoms with Crippen molar-refractivity contribution >= 4 is 52.1 Å². The minimum absolute atomic E-state index is 0. The van der Waals surface area contributed by atoms with Gasteiger partial charge < -0.3 is 14.0 Å². The molecule has 9 aromatic carbocycles. The number of imidazole rings is 2. The maximum Gasteiger partial charge on any atom is 0.120 e. The van der Waals surface area contributed by atoms with Gasteiger partial charge in [-0.15, -0.1) is 54.1 Å². The van der Waals surface area contributed by atoms with Crippen LogP contribution >= 0.6 is 0 Å². The van der Waals surface area contributed by atoms with Gasteiger partial charge in [0.15, 0.2) is 0 Å². The Morgan fingerprint density at radius 3 is 1.61 bits per heavy atom. The smallest absolute Gasteiger partial charge is 0.120 e. The first-order chi connectivity index (χ1) is 41.6. The van der Waals surface area contributed by atoms with Crippen LogP contribution in [0.4, 0.5) is 0 Å². The standard InChI is InChI=1S/C51H51N2O.C31H39N2Si.Ir/c1-31(2)42-28-36(34-24-22-33(23-25-34)35-26-37(50(5,6)7)30-38(27-35)51(8,9)10)29-43(32(3)4)47(42)53-45-20-13-12-19-44(45)52-49(53)41-18-15-17-40-39-16-11-14-21-46(39)54-48(40)41;1-20(2)25-18-23(31(5,6)34(7,8)9)19-26(21(3)4)28(25)24-16-13-17-27-29(24)33-30(32-27)22-14-11-10-12-15-22;/h11-17,19-32H,1-10H3;10-14,16-21H,1-9H3,(H,32,33);/q2*-1;. The third-order valence-electron chi connectivity index (χ3n) is 18.8. The van der Waals surface area contributed by atoms with Gasteiger partial charge in [-0.3, -0.25) is 9.97 Å². The predicted molar refractivity (Wildman–Crippen MR) is 379 cm³/mol. The zero-order valence-corrected chi connectivity index (χ0v) is 59.5. The first-order valence-electron chi connectivity index (χ1n) is 32.0. The largest absolute Gasteiger partial charge is 0.501 e. The molecular weight excluding hydrogens is 1280 g/mol. The van der Waals surface area contributed by atoms with Crippen LogP contribution in [0.3, 0.4) is 0 Å². The fourth-order valence-corrected chi connectivity index (χ4v) is 13.4. The van der Waals surface area contributed by atoms with Crippen molar-refractivity contribution in [3.05, 3.63) is 221 Å². The van der Waals surface area contributed by atoms with Crippen LogP contribution in [0.15, 0.2) is 174 Å². The summed E-state index contributed by atoms with van der Waals surface area (Å²) >= 11 is 0. The maximum absolute atomic E-state index is 6.56. The fourth-order valence-electron chi connectivity index (χ4n) is 12.4. The molecule has 0 aliphatic heterocycles. The van der Waals surface area contributed by atoms with Gasteiger partial charge in [0.25, 0.3) is 0 Å². The van der Waals surface area contributed by atoms with Gasteiger partial charge in [-0.25, -0.2) is 0 Å². The zero-order valence-electron chi connectivity index (χ0n) is 56.1. The molecule has 0 amide bonds. The van der Waals surface area contributed by atoms with Crippen molar-refractivity contribution in [1.82, 2.24) is 19.5 Å². The molecule has 0 spiro atoms. The SMILES string of the molecule is CC(C)c1cc(-c2ccc(-c3cc(C(C)(C)C)cc(C(C)(C)C)c3)cc2)cc(C(C)C)c1-n1c(-c2[c-]ccc3c2oc2ccccc23)nc2ccccc21.CC(C)c1cc(C(C)(C)[Si](C)(C)C)cc(C(C)C)c1-c1cccc2nc(-c3[c-]cccc3)[nH]c12.[Ir]. The van der Waals surface area contributed by atoms with E-state index in [4.69, 9.17) is 14.4 Å². The molecule has 0 aliphatic carbocycles. The summed E-state index contributed by atoms with van der Waals surface area (Å²) in [7, 11) is -1.44. The molecule has 1 N–H and O–H groups in total. The van der Waals surface area contributed by atoms with Gasteiger partial charge in [-0.2, -0.15) is 0 Å². The van der Waals surface area contributed by atoms with Crippen LogP contribution < -0.4 is 0 Å². The molecule has 5 nitrogen and oxygen atoms in total. The molecule has 459 valence electrons. The Morgan fingerprint density at radius 1 is 0.494 bits per heavy atom. The number of furan rings is 1.